The molecule has 61 heavy (non-hydrogen) atoms. The van der Waals surface area contributed by atoms with Crippen LogP contribution in [-0.2, 0) is 5.41 Å². The highest BCUT2D eigenvalue weighted by Crippen LogP contribution is 2.69. The summed E-state index contributed by atoms with van der Waals surface area (Å²) >= 11 is 0. The number of fused-ring (bicyclic) bond motifs is 5. The van der Waals surface area contributed by atoms with Gasteiger partial charge in [0.05, 0.1) is 0 Å². The van der Waals surface area contributed by atoms with Crippen LogP contribution in [0.1, 0.15) is 43.2 Å². The van der Waals surface area contributed by atoms with Crippen LogP contribution in [0.3, 0.4) is 0 Å². The maximum absolute atomic E-state index is 7.01. The molecule has 14 rings (SSSR count). The molecule has 4 aliphatic carbocycles. The molecule has 0 N–H and O–H groups in total. The van der Waals surface area contributed by atoms with Crippen LogP contribution in [0.5, 0.6) is 11.5 Å². The van der Waals surface area contributed by atoms with E-state index < -0.39 is 0 Å². The Morgan fingerprint density at radius 3 is 1.87 bits per heavy atom. The van der Waals surface area contributed by atoms with Crippen molar-refractivity contribution in [3.63, 3.8) is 0 Å². The fraction of sp³-hybridized carbons (Fsp3) is 0.172. The lowest BCUT2D eigenvalue weighted by molar-refractivity contribution is -0.0452. The van der Waals surface area contributed by atoms with E-state index in [1.807, 2.05) is 6.07 Å². The Balaban J connectivity index is 0.946. The van der Waals surface area contributed by atoms with Crippen molar-refractivity contribution in [2.75, 3.05) is 4.90 Å². The van der Waals surface area contributed by atoms with Crippen molar-refractivity contribution >= 4 is 39.0 Å². The highest BCUT2D eigenvalue weighted by molar-refractivity contribution is 6.13. The average Bonchev–Trinajstić information content (AvgIpc) is 3.70. The van der Waals surface area contributed by atoms with Crippen molar-refractivity contribution in [3.8, 4) is 44.9 Å². The highest BCUT2D eigenvalue weighted by atomic mass is 16.5. The zero-order chi connectivity index (χ0) is 40.1. The predicted molar refractivity (Wildman–Crippen MR) is 249 cm³/mol. The Morgan fingerprint density at radius 2 is 1.03 bits per heavy atom. The molecule has 0 unspecified atom stereocenters. The van der Waals surface area contributed by atoms with Crippen LogP contribution in [0.25, 0.3) is 55.3 Å². The normalized spacial score (nSPS) is 22.0. The van der Waals surface area contributed by atoms with Crippen molar-refractivity contribution in [1.82, 2.24) is 0 Å². The molecule has 1 spiro atoms. The molecule has 4 saturated carbocycles. The Bertz CT molecular complexity index is 3110. The van der Waals surface area contributed by atoms with Crippen LogP contribution >= 0.6 is 0 Å². The summed E-state index contributed by atoms with van der Waals surface area (Å²) in [6, 6.07) is 68.4. The summed E-state index contributed by atoms with van der Waals surface area (Å²) in [5, 5.41) is 2.29. The lowest BCUT2D eigenvalue weighted by Gasteiger charge is -2.63. The van der Waals surface area contributed by atoms with Gasteiger partial charge in [-0.2, -0.15) is 0 Å². The number of para-hydroxylation sites is 2. The Morgan fingerprint density at radius 1 is 0.410 bits per heavy atom. The molecule has 9 aromatic rings. The summed E-state index contributed by atoms with van der Waals surface area (Å²) in [6.07, 6.45) is 6.79. The molecule has 3 nitrogen and oxygen atoms in total. The van der Waals surface area contributed by atoms with E-state index in [4.69, 9.17) is 9.15 Å². The lowest BCUT2D eigenvalue weighted by Crippen LogP contribution is -2.56. The first-order chi connectivity index (χ1) is 30.2. The minimum absolute atomic E-state index is 0.0102. The van der Waals surface area contributed by atoms with Crippen LogP contribution in [0.2, 0.25) is 0 Å². The number of hydrogen-bond donors (Lipinski definition) is 0. The van der Waals surface area contributed by atoms with E-state index in [2.05, 4.69) is 187 Å². The van der Waals surface area contributed by atoms with E-state index in [0.29, 0.717) is 11.8 Å². The zero-order valence-corrected chi connectivity index (χ0v) is 34.0. The molecule has 294 valence electrons. The summed E-state index contributed by atoms with van der Waals surface area (Å²) < 4.78 is 13.3. The lowest BCUT2D eigenvalue weighted by atomic mass is 9.42. The van der Waals surface area contributed by atoms with Crippen LogP contribution in [0, 0.1) is 23.7 Å². The number of nitrogens with zero attached hydrogens (tertiary/aromatic N) is 1. The maximum Gasteiger partial charge on any atom is 0.136 e. The smallest absolute Gasteiger partial charge is 0.136 e. The van der Waals surface area contributed by atoms with Crippen LogP contribution in [-0.4, -0.2) is 0 Å². The Labute approximate surface area is 356 Å². The molecule has 5 aliphatic rings. The number of furan rings is 1. The van der Waals surface area contributed by atoms with Crippen LogP contribution in [0.4, 0.5) is 17.1 Å². The van der Waals surface area contributed by atoms with E-state index in [0.717, 1.165) is 67.9 Å². The van der Waals surface area contributed by atoms with Crippen molar-refractivity contribution < 1.29 is 9.15 Å². The molecule has 0 radical (unpaired) electrons. The third kappa shape index (κ3) is 5.36. The molecular formula is C58H45NO2. The minimum atomic E-state index is 0.0102. The molecule has 4 bridgehead atoms. The van der Waals surface area contributed by atoms with E-state index >= 15 is 0 Å². The molecule has 0 atom stereocenters. The van der Waals surface area contributed by atoms with Gasteiger partial charge in [0, 0.05) is 50.4 Å². The minimum Gasteiger partial charge on any atom is -0.457 e. The fourth-order valence-corrected chi connectivity index (χ4v) is 12.7. The van der Waals surface area contributed by atoms with E-state index in [1.165, 1.54) is 71.0 Å². The van der Waals surface area contributed by atoms with Gasteiger partial charge in [0.2, 0.25) is 0 Å². The first-order valence-electron chi connectivity index (χ1n) is 22.2. The van der Waals surface area contributed by atoms with Gasteiger partial charge in [-0.15, -0.1) is 0 Å². The van der Waals surface area contributed by atoms with E-state index in [-0.39, 0.29) is 5.41 Å². The molecular weight excluding hydrogens is 743 g/mol. The van der Waals surface area contributed by atoms with Gasteiger partial charge in [-0.05, 0) is 138 Å². The molecule has 8 aromatic carbocycles. The Hall–Kier alpha value is -6.84. The molecule has 1 aliphatic heterocycles. The van der Waals surface area contributed by atoms with Gasteiger partial charge < -0.3 is 14.1 Å². The number of benzene rings is 8. The average molecular weight is 788 g/mol. The number of rotatable bonds is 6. The topological polar surface area (TPSA) is 25.6 Å². The molecule has 1 aromatic heterocycles. The van der Waals surface area contributed by atoms with Crippen LogP contribution in [0.15, 0.2) is 192 Å². The Kier molecular flexibility index (Phi) is 7.79. The summed E-state index contributed by atoms with van der Waals surface area (Å²) in [6.45, 7) is 0. The molecule has 3 heteroatoms. The second-order valence-corrected chi connectivity index (χ2v) is 18.1. The number of ether oxygens (including phenoxy) is 1. The largest absolute Gasteiger partial charge is 0.457 e. The van der Waals surface area contributed by atoms with Crippen molar-refractivity contribution in [2.24, 2.45) is 23.7 Å². The van der Waals surface area contributed by atoms with E-state index in [9.17, 15) is 0 Å². The first-order valence-corrected chi connectivity index (χ1v) is 22.2. The summed E-state index contributed by atoms with van der Waals surface area (Å²) in [4.78, 5) is 2.41. The zero-order valence-electron chi connectivity index (χ0n) is 34.0. The standard InChI is InChI=1S/C58H45NO2/c1-2-12-39(13-3-1)41-14-10-15-45(35-41)59(46-28-29-52-56(36-46)61-54-22-9-7-20-51(54)58(52)42-31-37-30-38(33-42)34-43(58)32-37)44-26-24-40(25-27-44)47-16-4-5-17-48(47)49-19-11-23-55-57(49)50-18-6-8-21-53(50)60-55/h1-29,35-38,42-43H,30-34H2. The van der Waals surface area contributed by atoms with Crippen molar-refractivity contribution in [2.45, 2.75) is 37.5 Å². The van der Waals surface area contributed by atoms with Gasteiger partial charge >= 0.3 is 0 Å². The van der Waals surface area contributed by atoms with Gasteiger partial charge in [0.15, 0.2) is 0 Å². The van der Waals surface area contributed by atoms with E-state index in [1.54, 1.807) is 0 Å². The second kappa shape index (κ2) is 13.6. The summed E-state index contributed by atoms with van der Waals surface area (Å²) in [5.41, 5.74) is 15.0. The van der Waals surface area contributed by atoms with Gasteiger partial charge in [-0.3, -0.25) is 0 Å². The monoisotopic (exact) mass is 787 g/mol. The van der Waals surface area contributed by atoms with Crippen molar-refractivity contribution in [3.05, 3.63) is 199 Å². The molecule has 2 heterocycles. The third-order valence-electron chi connectivity index (χ3n) is 14.9. The van der Waals surface area contributed by atoms with Crippen molar-refractivity contribution in [1.29, 1.82) is 0 Å². The highest BCUT2D eigenvalue weighted by Gasteiger charge is 2.61. The van der Waals surface area contributed by atoms with Gasteiger partial charge in [-0.1, -0.05) is 133 Å². The van der Waals surface area contributed by atoms with Gasteiger partial charge in [-0.25, -0.2) is 0 Å². The molecule has 0 saturated heterocycles. The maximum atomic E-state index is 7.01. The first kappa shape index (κ1) is 35.0. The number of hydrogen-bond acceptors (Lipinski definition) is 3. The third-order valence-corrected chi connectivity index (χ3v) is 14.9. The van der Waals surface area contributed by atoms with Crippen LogP contribution < -0.4 is 9.64 Å². The van der Waals surface area contributed by atoms with Gasteiger partial charge in [0.1, 0.15) is 22.7 Å². The second-order valence-electron chi connectivity index (χ2n) is 18.1. The quantitative estimate of drug-likeness (QED) is 0.168. The molecule has 4 fully saturated rings. The summed E-state index contributed by atoms with van der Waals surface area (Å²) in [5.74, 6) is 5.14. The summed E-state index contributed by atoms with van der Waals surface area (Å²) in [7, 11) is 0. The SMILES string of the molecule is c1ccc(-c2cccc(N(c3ccc(-c4ccccc4-c4cccc5oc6ccccc6c45)cc3)c3ccc4c(c3)Oc3ccccc3C43C4CC5CC(C4)CC3C5)c2)cc1. The number of anilines is 3. The predicted octanol–water partition coefficient (Wildman–Crippen LogP) is 15.9. The van der Waals surface area contributed by atoms with Gasteiger partial charge in [0.25, 0.3) is 0 Å². The molecule has 0 amide bonds. The fourth-order valence-electron chi connectivity index (χ4n) is 12.7.